The molecule has 0 unspecified atom stereocenters. The predicted octanol–water partition coefficient (Wildman–Crippen LogP) is 17.9. The van der Waals surface area contributed by atoms with Crippen LogP contribution >= 0.6 is 0 Å². The smallest absolute Gasteiger partial charge is 0.164 e. The van der Waals surface area contributed by atoms with Crippen LogP contribution in [0.3, 0.4) is 0 Å². The highest BCUT2D eigenvalue weighted by atomic mass is 15.0. The first-order valence-corrected chi connectivity index (χ1v) is 25.2. The minimum atomic E-state index is 0.584. The van der Waals surface area contributed by atoms with E-state index in [9.17, 15) is 0 Å². The summed E-state index contributed by atoms with van der Waals surface area (Å²) >= 11 is 0. The molecule has 0 spiro atoms. The van der Waals surface area contributed by atoms with Crippen LogP contribution in [0.15, 0.2) is 261 Å². The zero-order valence-electron chi connectivity index (χ0n) is 40.1. The van der Waals surface area contributed by atoms with Gasteiger partial charge in [-0.05, 0) is 110 Å². The molecule has 0 amide bonds. The molecule has 0 atom stereocenters. The van der Waals surface area contributed by atoms with Gasteiger partial charge >= 0.3 is 0 Å². The van der Waals surface area contributed by atoms with Gasteiger partial charge in [0.15, 0.2) is 17.5 Å². The Balaban J connectivity index is 1.06. The lowest BCUT2D eigenvalue weighted by molar-refractivity contribution is 1.08. The summed E-state index contributed by atoms with van der Waals surface area (Å²) in [5, 5.41) is 11.7. The van der Waals surface area contributed by atoms with E-state index in [1.807, 2.05) is 0 Å². The minimum absolute atomic E-state index is 0.584. The van der Waals surface area contributed by atoms with Crippen molar-refractivity contribution in [3.05, 3.63) is 261 Å². The van der Waals surface area contributed by atoms with Crippen molar-refractivity contribution in [2.24, 2.45) is 0 Å². The molecule has 344 valence electrons. The molecule has 0 fully saturated rings. The number of aromatic nitrogens is 5. The van der Waals surface area contributed by atoms with Gasteiger partial charge in [-0.3, -0.25) is 0 Å². The average Bonchev–Trinajstić information content (AvgIpc) is 4.02. The van der Waals surface area contributed by atoms with E-state index in [1.165, 1.54) is 32.3 Å². The van der Waals surface area contributed by atoms with Crippen LogP contribution in [0.4, 0.5) is 0 Å². The summed E-state index contributed by atoms with van der Waals surface area (Å²) in [4.78, 5) is 16.6. The zero-order chi connectivity index (χ0) is 48.7. The van der Waals surface area contributed by atoms with Gasteiger partial charge < -0.3 is 9.13 Å². The Bertz CT molecular complexity index is 4720. The lowest BCUT2D eigenvalue weighted by Crippen LogP contribution is -2.04. The molecular weight excluding hydrogens is 899 g/mol. The van der Waals surface area contributed by atoms with Crippen LogP contribution in [0.5, 0.6) is 0 Å². The Morgan fingerprint density at radius 1 is 0.243 bits per heavy atom. The molecule has 5 heteroatoms. The molecule has 74 heavy (non-hydrogen) atoms. The van der Waals surface area contributed by atoms with Crippen LogP contribution in [0.2, 0.25) is 0 Å². The van der Waals surface area contributed by atoms with Crippen LogP contribution in [0.1, 0.15) is 0 Å². The quantitative estimate of drug-likeness (QED) is 0.160. The summed E-state index contributed by atoms with van der Waals surface area (Å²) in [5.41, 5.74) is 13.7. The van der Waals surface area contributed by atoms with Gasteiger partial charge in [0, 0.05) is 55.0 Å². The molecule has 0 aliphatic carbocycles. The third-order valence-corrected chi connectivity index (χ3v) is 14.9. The second-order valence-corrected chi connectivity index (χ2v) is 19.2. The van der Waals surface area contributed by atoms with E-state index in [4.69, 9.17) is 15.0 Å². The normalized spacial score (nSPS) is 11.8. The topological polar surface area (TPSA) is 48.5 Å². The summed E-state index contributed by atoms with van der Waals surface area (Å²) < 4.78 is 4.84. The van der Waals surface area contributed by atoms with Crippen molar-refractivity contribution in [2.45, 2.75) is 0 Å². The Labute approximate surface area is 426 Å². The number of benzene rings is 12. The first-order valence-electron chi connectivity index (χ1n) is 25.2. The molecule has 15 aromatic rings. The highest BCUT2D eigenvalue weighted by Gasteiger charge is 2.25. The Kier molecular flexibility index (Phi) is 9.50. The van der Waals surface area contributed by atoms with Crippen LogP contribution in [-0.2, 0) is 0 Å². The number of fused-ring (bicyclic) bond motifs is 9. The van der Waals surface area contributed by atoms with Gasteiger partial charge in [-0.15, -0.1) is 0 Å². The fourth-order valence-corrected chi connectivity index (χ4v) is 11.5. The van der Waals surface area contributed by atoms with Crippen molar-refractivity contribution in [1.82, 2.24) is 24.1 Å². The maximum Gasteiger partial charge on any atom is 0.164 e. The molecule has 0 radical (unpaired) electrons. The standard InChI is InChI=1S/C69H43N5/c1-3-20-46(21-4-1)58-41-53(42-59(51-36-34-44-18-7-9-22-47(44)38-51)66(58)74-61-31-15-13-28-55(61)60-40-49-24-11-12-25-50(49)43-64(60)74)68-70-67(52-37-35-45-19-8-10-23-48(45)39-52)71-69(72-68)57-30-17-33-63-65(57)56-29-14-16-32-62(56)73(63)54-26-5-2-6-27-54/h1-43H. The Morgan fingerprint density at radius 2 is 0.743 bits per heavy atom. The van der Waals surface area contributed by atoms with Crippen molar-refractivity contribution in [3.8, 4) is 67.8 Å². The second kappa shape index (κ2) is 16.8. The van der Waals surface area contributed by atoms with Gasteiger partial charge in [0.25, 0.3) is 0 Å². The van der Waals surface area contributed by atoms with E-state index < -0.39 is 0 Å². The van der Waals surface area contributed by atoms with Crippen molar-refractivity contribution < 1.29 is 0 Å². The van der Waals surface area contributed by atoms with Gasteiger partial charge in [0.05, 0.1) is 27.8 Å². The number of para-hydroxylation sites is 3. The van der Waals surface area contributed by atoms with Crippen LogP contribution < -0.4 is 0 Å². The Hall–Kier alpha value is -9.97. The van der Waals surface area contributed by atoms with Crippen molar-refractivity contribution in [2.75, 3.05) is 0 Å². The van der Waals surface area contributed by atoms with E-state index in [-0.39, 0.29) is 0 Å². The largest absolute Gasteiger partial charge is 0.309 e. The molecule has 15 rings (SSSR count). The fourth-order valence-electron chi connectivity index (χ4n) is 11.5. The van der Waals surface area contributed by atoms with E-state index in [0.717, 1.165) is 93.9 Å². The van der Waals surface area contributed by atoms with Crippen molar-refractivity contribution >= 4 is 75.9 Å². The van der Waals surface area contributed by atoms with Gasteiger partial charge in [-0.1, -0.05) is 194 Å². The SMILES string of the molecule is c1ccc(-c2cc(-c3nc(-c4ccc5ccccc5c4)nc(-c4cccc5c4c4ccccc4n5-c4ccccc4)n3)cc(-c3ccc4ccccc4c3)c2-n2c3ccccc3c3cc4ccccc4cc32)cc1. The highest BCUT2D eigenvalue weighted by molar-refractivity contribution is 6.16. The first kappa shape index (κ1) is 41.8. The van der Waals surface area contributed by atoms with Gasteiger partial charge in [-0.25, -0.2) is 15.0 Å². The third kappa shape index (κ3) is 6.75. The fraction of sp³-hybridized carbons (Fsp3) is 0. The summed E-state index contributed by atoms with van der Waals surface area (Å²) in [6, 6.07) is 93.8. The summed E-state index contributed by atoms with van der Waals surface area (Å²) in [6.07, 6.45) is 0. The van der Waals surface area contributed by atoms with Gasteiger partial charge in [0.2, 0.25) is 0 Å². The molecule has 0 bridgehead atoms. The number of hydrogen-bond donors (Lipinski definition) is 0. The van der Waals surface area contributed by atoms with Crippen LogP contribution in [0, 0.1) is 0 Å². The van der Waals surface area contributed by atoms with E-state index in [0.29, 0.717) is 17.5 Å². The minimum Gasteiger partial charge on any atom is -0.309 e. The van der Waals surface area contributed by atoms with Gasteiger partial charge in [0.1, 0.15) is 0 Å². The molecule has 0 saturated carbocycles. The molecule has 12 aromatic carbocycles. The van der Waals surface area contributed by atoms with Crippen LogP contribution in [-0.4, -0.2) is 24.1 Å². The van der Waals surface area contributed by atoms with Crippen molar-refractivity contribution in [3.63, 3.8) is 0 Å². The lowest BCUT2D eigenvalue weighted by Gasteiger charge is -2.21. The lowest BCUT2D eigenvalue weighted by atomic mass is 9.91. The van der Waals surface area contributed by atoms with E-state index in [1.54, 1.807) is 0 Å². The molecule has 3 heterocycles. The molecule has 0 N–H and O–H groups in total. The predicted molar refractivity (Wildman–Crippen MR) is 308 cm³/mol. The molecular formula is C69H43N5. The zero-order valence-corrected chi connectivity index (χ0v) is 40.1. The average molecular weight is 942 g/mol. The molecule has 0 aliphatic heterocycles. The third-order valence-electron chi connectivity index (χ3n) is 14.9. The number of hydrogen-bond acceptors (Lipinski definition) is 3. The molecule has 5 nitrogen and oxygen atoms in total. The molecule has 3 aromatic heterocycles. The first-order chi connectivity index (χ1) is 36.7. The maximum atomic E-state index is 5.61. The molecule has 0 aliphatic rings. The summed E-state index contributed by atoms with van der Waals surface area (Å²) in [7, 11) is 0. The highest BCUT2D eigenvalue weighted by Crippen LogP contribution is 2.46. The van der Waals surface area contributed by atoms with E-state index >= 15 is 0 Å². The van der Waals surface area contributed by atoms with E-state index in [2.05, 4.69) is 270 Å². The monoisotopic (exact) mass is 941 g/mol. The molecule has 0 saturated heterocycles. The van der Waals surface area contributed by atoms with Gasteiger partial charge in [-0.2, -0.15) is 0 Å². The number of nitrogens with zero attached hydrogens (tertiary/aromatic N) is 5. The summed E-state index contributed by atoms with van der Waals surface area (Å²) in [6.45, 7) is 0. The van der Waals surface area contributed by atoms with Crippen molar-refractivity contribution in [1.29, 1.82) is 0 Å². The van der Waals surface area contributed by atoms with Crippen LogP contribution in [0.25, 0.3) is 144 Å². The number of rotatable bonds is 7. The second-order valence-electron chi connectivity index (χ2n) is 19.2. The summed E-state index contributed by atoms with van der Waals surface area (Å²) in [5.74, 6) is 1.79. The Morgan fingerprint density at radius 3 is 1.45 bits per heavy atom. The maximum absolute atomic E-state index is 5.61.